The number of thioether (sulfide) groups is 4. The van der Waals surface area contributed by atoms with E-state index in [9.17, 15) is 0 Å². The lowest BCUT2D eigenvalue weighted by Gasteiger charge is -2.15. The maximum atomic E-state index is 2.33. The quantitative estimate of drug-likeness (QED) is 0.561. The molecule has 0 atom stereocenters. The Kier molecular flexibility index (Phi) is 3.07. The summed E-state index contributed by atoms with van der Waals surface area (Å²) in [4.78, 5) is 6.14. The van der Waals surface area contributed by atoms with E-state index >= 15 is 0 Å². The largest absolute Gasteiger partial charge is 0.107 e. The van der Waals surface area contributed by atoms with Gasteiger partial charge in [0.1, 0.15) is 0 Å². The first-order valence-electron chi connectivity index (χ1n) is 6.13. The average molecular weight is 315 g/mol. The smallest absolute Gasteiger partial charge is 0.0650 e. The Bertz CT molecular complexity index is 453. The zero-order valence-corrected chi connectivity index (χ0v) is 14.9. The predicted molar refractivity (Wildman–Crippen MR) is 87.5 cm³/mol. The topological polar surface area (TPSA) is 0 Å². The van der Waals surface area contributed by atoms with E-state index < -0.39 is 0 Å². The molecule has 3 rings (SSSR count). The van der Waals surface area contributed by atoms with Gasteiger partial charge in [-0.15, -0.1) is 47.0 Å². The summed E-state index contributed by atoms with van der Waals surface area (Å²) < 4.78 is 0.579. The minimum atomic E-state index is 0.289. The van der Waals surface area contributed by atoms with Crippen LogP contribution in [0.25, 0.3) is 0 Å². The van der Waals surface area contributed by atoms with Gasteiger partial charge < -0.3 is 0 Å². The Morgan fingerprint density at radius 2 is 0.778 bits per heavy atom. The standard InChI is InChI=1S/C14H18S4/c1-7-9-11(17-13(3,4)15-9)8(2)12-10(7)16-14(5,6)18-12/h1-6H3. The van der Waals surface area contributed by atoms with Gasteiger partial charge in [-0.2, -0.15) is 0 Å². The number of hydrogen-bond acceptors (Lipinski definition) is 4. The van der Waals surface area contributed by atoms with E-state index in [0.717, 1.165) is 0 Å². The predicted octanol–water partition coefficient (Wildman–Crippen LogP) is 6.17. The second-order valence-corrected chi connectivity index (χ2v) is 12.8. The fourth-order valence-electron chi connectivity index (χ4n) is 2.40. The fourth-order valence-corrected chi connectivity index (χ4v) is 8.34. The molecule has 0 radical (unpaired) electrons. The highest BCUT2D eigenvalue weighted by Crippen LogP contribution is 2.65. The molecule has 0 unspecified atom stereocenters. The van der Waals surface area contributed by atoms with Crippen molar-refractivity contribution in [3.05, 3.63) is 11.1 Å². The van der Waals surface area contributed by atoms with Crippen molar-refractivity contribution in [3.63, 3.8) is 0 Å². The molecule has 0 fully saturated rings. The molecule has 0 nitrogen and oxygen atoms in total. The van der Waals surface area contributed by atoms with E-state index in [-0.39, 0.29) is 8.16 Å². The van der Waals surface area contributed by atoms with Crippen molar-refractivity contribution < 1.29 is 0 Å². The maximum absolute atomic E-state index is 2.33. The van der Waals surface area contributed by atoms with Crippen molar-refractivity contribution in [2.45, 2.75) is 69.3 Å². The van der Waals surface area contributed by atoms with Crippen LogP contribution in [0.3, 0.4) is 0 Å². The molecule has 0 aliphatic carbocycles. The summed E-state index contributed by atoms with van der Waals surface area (Å²) in [5, 5.41) is 0. The van der Waals surface area contributed by atoms with Crippen LogP contribution in [0.15, 0.2) is 19.6 Å². The second-order valence-electron chi connectivity index (χ2n) is 5.77. The van der Waals surface area contributed by atoms with E-state index in [2.05, 4.69) is 41.5 Å². The van der Waals surface area contributed by atoms with Crippen molar-refractivity contribution in [1.29, 1.82) is 0 Å². The van der Waals surface area contributed by atoms with Crippen LogP contribution in [0, 0.1) is 13.8 Å². The number of fused-ring (bicyclic) bond motifs is 2. The van der Waals surface area contributed by atoms with E-state index in [0.29, 0.717) is 0 Å². The summed E-state index contributed by atoms with van der Waals surface area (Å²) in [7, 11) is 0. The summed E-state index contributed by atoms with van der Waals surface area (Å²) in [6.07, 6.45) is 0. The molecule has 4 heteroatoms. The highest BCUT2D eigenvalue weighted by molar-refractivity contribution is 8.21. The summed E-state index contributed by atoms with van der Waals surface area (Å²) in [6.45, 7) is 13.9. The van der Waals surface area contributed by atoms with Crippen LogP contribution in [-0.2, 0) is 0 Å². The van der Waals surface area contributed by atoms with Crippen molar-refractivity contribution in [2.75, 3.05) is 0 Å². The van der Waals surface area contributed by atoms with Gasteiger partial charge in [-0.1, -0.05) is 0 Å². The Morgan fingerprint density at radius 1 is 0.556 bits per heavy atom. The Labute approximate surface area is 127 Å². The molecule has 2 aliphatic heterocycles. The van der Waals surface area contributed by atoms with Crippen molar-refractivity contribution >= 4 is 47.0 Å². The summed E-state index contributed by atoms with van der Waals surface area (Å²) >= 11 is 8.16. The monoisotopic (exact) mass is 314 g/mol. The molecule has 0 amide bonds. The van der Waals surface area contributed by atoms with E-state index in [1.807, 2.05) is 47.0 Å². The van der Waals surface area contributed by atoms with Gasteiger partial charge in [0.25, 0.3) is 0 Å². The molecule has 1 aromatic rings. The van der Waals surface area contributed by atoms with Crippen molar-refractivity contribution in [2.24, 2.45) is 0 Å². The third kappa shape index (κ3) is 2.04. The van der Waals surface area contributed by atoms with Crippen LogP contribution in [0.4, 0.5) is 0 Å². The molecular weight excluding hydrogens is 296 g/mol. The Hall–Kier alpha value is 0.620. The maximum Gasteiger partial charge on any atom is 0.0650 e. The Morgan fingerprint density at radius 3 is 1.00 bits per heavy atom. The van der Waals surface area contributed by atoms with Gasteiger partial charge in [-0.3, -0.25) is 0 Å². The van der Waals surface area contributed by atoms with Crippen molar-refractivity contribution in [1.82, 2.24) is 0 Å². The molecule has 0 saturated carbocycles. The molecule has 2 heterocycles. The SMILES string of the molecule is Cc1c2c(c(C)c3c1SC(C)(C)S3)SC(C)(C)S2. The Balaban J connectivity index is 2.20. The van der Waals surface area contributed by atoms with Gasteiger partial charge in [-0.05, 0) is 52.7 Å². The lowest BCUT2D eigenvalue weighted by molar-refractivity contribution is 0.985. The molecule has 0 spiro atoms. The van der Waals surface area contributed by atoms with Crippen LogP contribution in [0.1, 0.15) is 38.8 Å². The molecule has 0 saturated heterocycles. The number of benzene rings is 1. The first-order valence-corrected chi connectivity index (χ1v) is 9.40. The number of rotatable bonds is 0. The molecule has 0 N–H and O–H groups in total. The van der Waals surface area contributed by atoms with E-state index in [1.54, 1.807) is 0 Å². The fraction of sp³-hybridized carbons (Fsp3) is 0.571. The molecule has 0 aromatic heterocycles. The van der Waals surface area contributed by atoms with Gasteiger partial charge >= 0.3 is 0 Å². The number of hydrogen-bond donors (Lipinski definition) is 0. The summed E-state index contributed by atoms with van der Waals surface area (Å²) in [5.41, 5.74) is 3.02. The van der Waals surface area contributed by atoms with E-state index in [1.165, 1.54) is 30.7 Å². The molecular formula is C14H18S4. The van der Waals surface area contributed by atoms with Crippen LogP contribution in [0.5, 0.6) is 0 Å². The zero-order chi connectivity index (χ0) is 13.3. The first kappa shape index (κ1) is 13.6. The van der Waals surface area contributed by atoms with Gasteiger partial charge in [0.15, 0.2) is 0 Å². The third-order valence-electron chi connectivity index (χ3n) is 3.17. The van der Waals surface area contributed by atoms with Gasteiger partial charge in [0.05, 0.1) is 8.16 Å². The molecule has 2 aliphatic rings. The second kappa shape index (κ2) is 4.06. The normalized spacial score (nSPS) is 23.0. The minimum absolute atomic E-state index is 0.289. The average Bonchev–Trinajstić information content (AvgIpc) is 2.72. The van der Waals surface area contributed by atoms with Crippen molar-refractivity contribution in [3.8, 4) is 0 Å². The minimum Gasteiger partial charge on any atom is -0.107 e. The summed E-state index contributed by atoms with van der Waals surface area (Å²) in [5.74, 6) is 0. The van der Waals surface area contributed by atoms with Crippen LogP contribution in [0.2, 0.25) is 0 Å². The highest BCUT2D eigenvalue weighted by atomic mass is 32.2. The first-order chi connectivity index (χ1) is 8.20. The van der Waals surface area contributed by atoms with Crippen LogP contribution < -0.4 is 0 Å². The molecule has 98 valence electrons. The third-order valence-corrected chi connectivity index (χ3v) is 9.25. The highest BCUT2D eigenvalue weighted by Gasteiger charge is 2.40. The van der Waals surface area contributed by atoms with Gasteiger partial charge in [-0.25, -0.2) is 0 Å². The van der Waals surface area contributed by atoms with Crippen LogP contribution in [-0.4, -0.2) is 8.16 Å². The zero-order valence-electron chi connectivity index (χ0n) is 11.6. The van der Waals surface area contributed by atoms with Gasteiger partial charge in [0, 0.05) is 19.6 Å². The molecule has 0 bridgehead atoms. The lowest BCUT2D eigenvalue weighted by atomic mass is 10.1. The van der Waals surface area contributed by atoms with Crippen LogP contribution >= 0.6 is 47.0 Å². The molecule has 18 heavy (non-hydrogen) atoms. The summed E-state index contributed by atoms with van der Waals surface area (Å²) in [6, 6.07) is 0. The molecule has 1 aromatic carbocycles. The van der Waals surface area contributed by atoms with E-state index in [4.69, 9.17) is 0 Å². The van der Waals surface area contributed by atoms with Gasteiger partial charge in [0.2, 0.25) is 0 Å². The lowest BCUT2D eigenvalue weighted by Crippen LogP contribution is -2.02.